The number of aromatic nitrogens is 4. The molecule has 3 rings (SSSR count). The van der Waals surface area contributed by atoms with E-state index in [-0.39, 0.29) is 11.3 Å². The Hall–Kier alpha value is -3.13. The van der Waals surface area contributed by atoms with Crippen molar-refractivity contribution >= 4 is 29.3 Å². The molecule has 0 saturated carbocycles. The molecule has 0 spiro atoms. The normalized spacial score (nSPS) is 10.7. The standard InChI is InChI=1S/C17H16ClN5O3/c1-10-7-14(21-23(10)9-11-5-3-4-6-13(11)18)20-16(24)15-12(17(25)26)8-19-22(15)2/h3-8H,9H2,1-2H3,(H,25,26)(H,20,21,24). The fourth-order valence-electron chi connectivity index (χ4n) is 2.56. The summed E-state index contributed by atoms with van der Waals surface area (Å²) >= 11 is 6.17. The molecule has 2 aromatic heterocycles. The molecule has 0 bridgehead atoms. The third-order valence-electron chi connectivity index (χ3n) is 3.88. The summed E-state index contributed by atoms with van der Waals surface area (Å²) in [5.41, 5.74) is 1.51. The molecule has 0 fully saturated rings. The number of hydrogen-bond acceptors (Lipinski definition) is 4. The van der Waals surface area contributed by atoms with Crippen molar-refractivity contribution in [3.05, 3.63) is 64.1 Å². The van der Waals surface area contributed by atoms with Crippen LogP contribution in [0.15, 0.2) is 36.5 Å². The summed E-state index contributed by atoms with van der Waals surface area (Å²) in [4.78, 5) is 23.7. The number of nitrogens with one attached hydrogen (secondary N) is 1. The number of carboxylic acid groups (broad SMARTS) is 1. The second kappa shape index (κ2) is 7.01. The highest BCUT2D eigenvalue weighted by molar-refractivity contribution is 6.31. The lowest BCUT2D eigenvalue weighted by molar-refractivity contribution is 0.0692. The van der Waals surface area contributed by atoms with Crippen LogP contribution in [0.2, 0.25) is 5.02 Å². The third-order valence-corrected chi connectivity index (χ3v) is 4.25. The topological polar surface area (TPSA) is 102 Å². The van der Waals surface area contributed by atoms with E-state index in [1.807, 2.05) is 25.1 Å². The van der Waals surface area contributed by atoms with Gasteiger partial charge in [0.2, 0.25) is 0 Å². The monoisotopic (exact) mass is 373 g/mol. The first kappa shape index (κ1) is 17.7. The summed E-state index contributed by atoms with van der Waals surface area (Å²) in [5.74, 6) is -1.49. The van der Waals surface area contributed by atoms with E-state index in [2.05, 4.69) is 15.5 Å². The first-order chi connectivity index (χ1) is 12.4. The number of amides is 1. The molecule has 9 heteroatoms. The van der Waals surface area contributed by atoms with E-state index in [9.17, 15) is 9.59 Å². The highest BCUT2D eigenvalue weighted by atomic mass is 35.5. The first-order valence-corrected chi connectivity index (χ1v) is 8.09. The molecule has 1 amide bonds. The van der Waals surface area contributed by atoms with Crippen LogP contribution >= 0.6 is 11.6 Å². The van der Waals surface area contributed by atoms with Crippen molar-refractivity contribution in [1.82, 2.24) is 19.6 Å². The zero-order valence-corrected chi connectivity index (χ0v) is 14.9. The number of anilines is 1. The zero-order chi connectivity index (χ0) is 18.8. The smallest absolute Gasteiger partial charge is 0.339 e. The summed E-state index contributed by atoms with van der Waals surface area (Å²) < 4.78 is 2.92. The lowest BCUT2D eigenvalue weighted by Gasteiger charge is -2.06. The molecule has 0 saturated heterocycles. The Morgan fingerprint density at radius 3 is 2.73 bits per heavy atom. The van der Waals surface area contributed by atoms with Gasteiger partial charge in [-0.05, 0) is 18.6 Å². The highest BCUT2D eigenvalue weighted by Crippen LogP contribution is 2.18. The van der Waals surface area contributed by atoms with Crippen molar-refractivity contribution < 1.29 is 14.7 Å². The van der Waals surface area contributed by atoms with Gasteiger partial charge in [0.25, 0.3) is 5.91 Å². The molecule has 0 aliphatic rings. The lowest BCUT2D eigenvalue weighted by atomic mass is 10.2. The van der Waals surface area contributed by atoms with E-state index in [4.69, 9.17) is 16.7 Å². The number of aryl methyl sites for hydroxylation is 2. The number of benzene rings is 1. The van der Waals surface area contributed by atoms with Crippen LogP contribution in [0.25, 0.3) is 0 Å². The highest BCUT2D eigenvalue weighted by Gasteiger charge is 2.22. The molecule has 0 aliphatic carbocycles. The Bertz CT molecular complexity index is 992. The van der Waals surface area contributed by atoms with Crippen LogP contribution in [0.1, 0.15) is 32.1 Å². The largest absolute Gasteiger partial charge is 0.478 e. The van der Waals surface area contributed by atoms with Gasteiger partial charge < -0.3 is 10.4 Å². The maximum absolute atomic E-state index is 12.4. The summed E-state index contributed by atoms with van der Waals surface area (Å²) in [6.07, 6.45) is 1.14. The Morgan fingerprint density at radius 2 is 2.04 bits per heavy atom. The van der Waals surface area contributed by atoms with E-state index in [1.54, 1.807) is 16.8 Å². The van der Waals surface area contributed by atoms with Crippen LogP contribution in [0.5, 0.6) is 0 Å². The predicted octanol–water partition coefficient (Wildman–Crippen LogP) is 2.58. The number of rotatable bonds is 5. The van der Waals surface area contributed by atoms with E-state index in [0.717, 1.165) is 17.5 Å². The second-order valence-corrected chi connectivity index (χ2v) is 6.12. The first-order valence-electron chi connectivity index (χ1n) is 7.71. The van der Waals surface area contributed by atoms with E-state index < -0.39 is 11.9 Å². The zero-order valence-electron chi connectivity index (χ0n) is 14.1. The van der Waals surface area contributed by atoms with Gasteiger partial charge in [-0.25, -0.2) is 4.79 Å². The molecule has 8 nitrogen and oxygen atoms in total. The van der Waals surface area contributed by atoms with Gasteiger partial charge in [0.15, 0.2) is 5.82 Å². The average molecular weight is 374 g/mol. The second-order valence-electron chi connectivity index (χ2n) is 5.71. The minimum atomic E-state index is -1.22. The fourth-order valence-corrected chi connectivity index (χ4v) is 2.75. The maximum atomic E-state index is 12.4. The SMILES string of the molecule is Cc1cc(NC(=O)c2c(C(=O)O)cnn2C)nn1Cc1ccccc1Cl. The van der Waals surface area contributed by atoms with Gasteiger partial charge >= 0.3 is 5.97 Å². The molecule has 2 heterocycles. The Morgan fingerprint density at radius 1 is 1.31 bits per heavy atom. The number of carbonyl (C=O) groups excluding carboxylic acids is 1. The number of carbonyl (C=O) groups is 2. The molecule has 26 heavy (non-hydrogen) atoms. The molecule has 2 N–H and O–H groups in total. The minimum absolute atomic E-state index is 0.0455. The third kappa shape index (κ3) is 3.45. The van der Waals surface area contributed by atoms with Crippen LogP contribution in [-0.2, 0) is 13.6 Å². The molecule has 0 radical (unpaired) electrons. The van der Waals surface area contributed by atoms with Gasteiger partial charge in [0.05, 0.1) is 12.7 Å². The van der Waals surface area contributed by atoms with Crippen molar-refractivity contribution in [3.63, 3.8) is 0 Å². The summed E-state index contributed by atoms with van der Waals surface area (Å²) in [6.45, 7) is 2.31. The predicted molar refractivity (Wildman–Crippen MR) is 95.6 cm³/mol. The number of hydrogen-bond donors (Lipinski definition) is 2. The van der Waals surface area contributed by atoms with Gasteiger partial charge in [0.1, 0.15) is 11.3 Å². The Kier molecular flexibility index (Phi) is 4.77. The molecule has 134 valence electrons. The number of aromatic carboxylic acids is 1. The van der Waals surface area contributed by atoms with Crippen LogP contribution in [0.4, 0.5) is 5.82 Å². The average Bonchev–Trinajstić information content (AvgIpc) is 3.12. The van der Waals surface area contributed by atoms with Crippen molar-refractivity contribution in [2.75, 3.05) is 5.32 Å². The van der Waals surface area contributed by atoms with Gasteiger partial charge in [0, 0.05) is 23.8 Å². The maximum Gasteiger partial charge on any atom is 0.339 e. The van der Waals surface area contributed by atoms with E-state index in [1.165, 1.54) is 11.7 Å². The van der Waals surface area contributed by atoms with Crippen LogP contribution in [0, 0.1) is 6.92 Å². The molecule has 1 aromatic carbocycles. The Labute approximate surface area is 154 Å². The van der Waals surface area contributed by atoms with Crippen molar-refractivity contribution in [2.24, 2.45) is 7.05 Å². The number of nitrogens with zero attached hydrogens (tertiary/aromatic N) is 4. The van der Waals surface area contributed by atoms with Crippen molar-refractivity contribution in [2.45, 2.75) is 13.5 Å². The minimum Gasteiger partial charge on any atom is -0.478 e. The summed E-state index contributed by atoms with van der Waals surface area (Å²) in [7, 11) is 1.50. The summed E-state index contributed by atoms with van der Waals surface area (Å²) in [5, 5.41) is 20.6. The van der Waals surface area contributed by atoms with Crippen molar-refractivity contribution in [1.29, 1.82) is 0 Å². The molecule has 0 unspecified atom stereocenters. The van der Waals surface area contributed by atoms with E-state index in [0.29, 0.717) is 17.4 Å². The molecular formula is C17H16ClN5O3. The lowest BCUT2D eigenvalue weighted by Crippen LogP contribution is -2.19. The molecular weight excluding hydrogens is 358 g/mol. The van der Waals surface area contributed by atoms with Crippen molar-refractivity contribution in [3.8, 4) is 0 Å². The summed E-state index contributed by atoms with van der Waals surface area (Å²) in [6, 6.07) is 9.14. The van der Waals surface area contributed by atoms with Gasteiger partial charge in [-0.2, -0.15) is 10.2 Å². The van der Waals surface area contributed by atoms with Gasteiger partial charge in [-0.15, -0.1) is 0 Å². The molecule has 0 aliphatic heterocycles. The van der Waals surface area contributed by atoms with Crippen LogP contribution < -0.4 is 5.32 Å². The molecule has 0 atom stereocenters. The Balaban J connectivity index is 1.82. The number of halogens is 1. The quantitative estimate of drug-likeness (QED) is 0.715. The van der Waals surface area contributed by atoms with E-state index >= 15 is 0 Å². The van der Waals surface area contributed by atoms with Gasteiger partial charge in [-0.3, -0.25) is 14.2 Å². The van der Waals surface area contributed by atoms with Gasteiger partial charge in [-0.1, -0.05) is 29.8 Å². The number of carboxylic acids is 1. The fraction of sp³-hybridized carbons (Fsp3) is 0.176. The molecule has 3 aromatic rings. The van der Waals surface area contributed by atoms with Crippen LogP contribution in [0.3, 0.4) is 0 Å². The van der Waals surface area contributed by atoms with Crippen LogP contribution in [-0.4, -0.2) is 36.5 Å².